The lowest BCUT2D eigenvalue weighted by atomic mass is 10.3. The van der Waals surface area contributed by atoms with E-state index in [2.05, 4.69) is 10.6 Å². The van der Waals surface area contributed by atoms with E-state index in [1.54, 1.807) is 43.3 Å². The molecule has 0 saturated carbocycles. The summed E-state index contributed by atoms with van der Waals surface area (Å²) in [5.74, 6) is 0.303. The van der Waals surface area contributed by atoms with Gasteiger partial charge in [-0.1, -0.05) is 29.8 Å². The molecule has 1 amide bonds. The fraction of sp³-hybridized carbons (Fsp3) is 0.125. The molecule has 0 fully saturated rings. The van der Waals surface area contributed by atoms with Gasteiger partial charge < -0.3 is 10.1 Å². The molecule has 2 N–H and O–H groups in total. The number of amides is 1. The predicted molar refractivity (Wildman–Crippen MR) is 92.3 cm³/mol. The van der Waals surface area contributed by atoms with Gasteiger partial charge in [-0.3, -0.25) is 10.1 Å². The Morgan fingerprint density at radius 2 is 1.77 bits per heavy atom. The van der Waals surface area contributed by atoms with Crippen LogP contribution in [0.4, 0.5) is 5.69 Å². The molecule has 2 aromatic rings. The van der Waals surface area contributed by atoms with Crippen molar-refractivity contribution in [1.82, 2.24) is 5.32 Å². The Labute approximate surface area is 139 Å². The molecule has 0 radical (unpaired) electrons. The molecule has 0 aliphatic heterocycles. The lowest BCUT2D eigenvalue weighted by Gasteiger charge is -2.15. The Morgan fingerprint density at radius 3 is 2.41 bits per heavy atom. The fourth-order valence-electron chi connectivity index (χ4n) is 1.67. The smallest absolute Gasteiger partial charge is 0.266 e. The first-order valence-electron chi connectivity index (χ1n) is 6.64. The molecule has 4 nitrogen and oxygen atoms in total. The molecule has 0 heterocycles. The van der Waals surface area contributed by atoms with Crippen molar-refractivity contribution < 1.29 is 9.53 Å². The van der Waals surface area contributed by atoms with Crippen LogP contribution in [0.5, 0.6) is 5.75 Å². The molecule has 2 rings (SSSR count). The van der Waals surface area contributed by atoms with Gasteiger partial charge in [-0.2, -0.15) is 0 Å². The molecule has 0 bridgehead atoms. The predicted octanol–water partition coefficient (Wildman–Crippen LogP) is 3.62. The van der Waals surface area contributed by atoms with E-state index in [0.717, 1.165) is 5.69 Å². The maximum atomic E-state index is 12.0. The van der Waals surface area contributed by atoms with Crippen molar-refractivity contribution in [2.45, 2.75) is 13.0 Å². The third-order valence-corrected chi connectivity index (χ3v) is 3.22. The molecule has 0 aliphatic rings. The number of anilines is 1. The quantitative estimate of drug-likeness (QED) is 0.838. The highest BCUT2D eigenvalue weighted by molar-refractivity contribution is 7.80. The van der Waals surface area contributed by atoms with Gasteiger partial charge in [-0.15, -0.1) is 0 Å². The highest BCUT2D eigenvalue weighted by Crippen LogP contribution is 2.13. The van der Waals surface area contributed by atoms with Gasteiger partial charge >= 0.3 is 0 Å². The third kappa shape index (κ3) is 5.02. The van der Waals surface area contributed by atoms with Crippen LogP contribution in [0.2, 0.25) is 5.02 Å². The molecule has 0 saturated heterocycles. The number of hydrogen-bond acceptors (Lipinski definition) is 3. The molecule has 0 aromatic heterocycles. The van der Waals surface area contributed by atoms with Crippen LogP contribution in [0.3, 0.4) is 0 Å². The monoisotopic (exact) mass is 334 g/mol. The molecule has 1 atom stereocenters. The van der Waals surface area contributed by atoms with Crippen LogP contribution < -0.4 is 15.4 Å². The lowest BCUT2D eigenvalue weighted by molar-refractivity contribution is -0.125. The molecule has 0 aliphatic carbocycles. The van der Waals surface area contributed by atoms with Crippen LogP contribution in [0.1, 0.15) is 6.92 Å². The first kappa shape index (κ1) is 16.3. The van der Waals surface area contributed by atoms with Crippen molar-refractivity contribution in [3.05, 3.63) is 59.6 Å². The Bertz CT molecular complexity index is 647. The van der Waals surface area contributed by atoms with E-state index in [0.29, 0.717) is 10.8 Å². The maximum Gasteiger partial charge on any atom is 0.266 e. The lowest BCUT2D eigenvalue weighted by Crippen LogP contribution is -2.42. The molecule has 1 unspecified atom stereocenters. The van der Waals surface area contributed by atoms with Crippen LogP contribution in [-0.2, 0) is 4.79 Å². The van der Waals surface area contributed by atoms with E-state index >= 15 is 0 Å². The molecular formula is C16H15ClN2O2S. The average Bonchev–Trinajstić information content (AvgIpc) is 2.50. The zero-order chi connectivity index (χ0) is 15.9. The second-order valence-corrected chi connectivity index (χ2v) is 5.37. The second-order valence-electron chi connectivity index (χ2n) is 4.52. The SMILES string of the molecule is CC(Oc1ccccc1)C(=O)NC(=S)Nc1ccc(Cl)cc1. The minimum absolute atomic E-state index is 0.204. The largest absolute Gasteiger partial charge is 0.481 e. The van der Waals surface area contributed by atoms with Gasteiger partial charge in [0, 0.05) is 10.7 Å². The summed E-state index contributed by atoms with van der Waals surface area (Å²) in [7, 11) is 0. The molecule has 6 heteroatoms. The summed E-state index contributed by atoms with van der Waals surface area (Å²) in [4.78, 5) is 12.0. The van der Waals surface area contributed by atoms with Gasteiger partial charge in [0.2, 0.25) is 0 Å². The van der Waals surface area contributed by atoms with Crippen molar-refractivity contribution in [3.8, 4) is 5.75 Å². The van der Waals surface area contributed by atoms with E-state index in [1.165, 1.54) is 0 Å². The van der Waals surface area contributed by atoms with Gasteiger partial charge in [-0.05, 0) is 55.5 Å². The van der Waals surface area contributed by atoms with Gasteiger partial charge in [0.1, 0.15) is 5.75 Å². The van der Waals surface area contributed by atoms with E-state index in [1.807, 2.05) is 18.2 Å². The van der Waals surface area contributed by atoms with Crippen LogP contribution >= 0.6 is 23.8 Å². The van der Waals surface area contributed by atoms with Crippen molar-refractivity contribution in [2.75, 3.05) is 5.32 Å². The first-order chi connectivity index (χ1) is 10.5. The van der Waals surface area contributed by atoms with E-state index in [-0.39, 0.29) is 11.0 Å². The van der Waals surface area contributed by atoms with Gasteiger partial charge in [0.05, 0.1) is 0 Å². The molecule has 114 valence electrons. The van der Waals surface area contributed by atoms with Crippen LogP contribution in [0.15, 0.2) is 54.6 Å². The number of benzene rings is 2. The van der Waals surface area contributed by atoms with Gasteiger partial charge in [0.15, 0.2) is 11.2 Å². The number of nitrogens with one attached hydrogen (secondary N) is 2. The number of carbonyl (C=O) groups is 1. The topological polar surface area (TPSA) is 50.4 Å². The summed E-state index contributed by atoms with van der Waals surface area (Å²) < 4.78 is 5.53. The molecule has 22 heavy (non-hydrogen) atoms. The van der Waals surface area contributed by atoms with E-state index in [9.17, 15) is 4.79 Å². The zero-order valence-corrected chi connectivity index (χ0v) is 13.4. The number of halogens is 1. The van der Waals surface area contributed by atoms with E-state index < -0.39 is 6.10 Å². The van der Waals surface area contributed by atoms with Crippen molar-refractivity contribution in [3.63, 3.8) is 0 Å². The first-order valence-corrected chi connectivity index (χ1v) is 7.42. The minimum Gasteiger partial charge on any atom is -0.481 e. The summed E-state index contributed by atoms with van der Waals surface area (Å²) in [5.41, 5.74) is 0.742. The second kappa shape index (κ2) is 7.77. The molecule has 2 aromatic carbocycles. The Balaban J connectivity index is 1.85. The number of para-hydroxylation sites is 1. The Hall–Kier alpha value is -2.11. The number of carbonyl (C=O) groups excluding carboxylic acids is 1. The molecular weight excluding hydrogens is 320 g/mol. The van der Waals surface area contributed by atoms with Crippen molar-refractivity contribution in [1.29, 1.82) is 0 Å². The summed E-state index contributed by atoms with van der Waals surface area (Å²) in [6.07, 6.45) is -0.660. The summed E-state index contributed by atoms with van der Waals surface area (Å²) in [6.45, 7) is 1.66. The van der Waals surface area contributed by atoms with E-state index in [4.69, 9.17) is 28.6 Å². The van der Waals surface area contributed by atoms with Crippen molar-refractivity contribution >= 4 is 40.5 Å². The number of thiocarbonyl (C=S) groups is 1. The van der Waals surface area contributed by atoms with Crippen LogP contribution in [0, 0.1) is 0 Å². The standard InChI is InChI=1S/C16H15ClN2O2S/c1-11(21-14-5-3-2-4-6-14)15(20)19-16(22)18-13-9-7-12(17)8-10-13/h2-11H,1H3,(H2,18,19,20,22). The Morgan fingerprint density at radius 1 is 1.14 bits per heavy atom. The maximum absolute atomic E-state index is 12.0. The van der Waals surface area contributed by atoms with Gasteiger partial charge in [-0.25, -0.2) is 0 Å². The normalized spacial score (nSPS) is 11.4. The van der Waals surface area contributed by atoms with Gasteiger partial charge in [0.25, 0.3) is 5.91 Å². The Kier molecular flexibility index (Phi) is 5.75. The zero-order valence-electron chi connectivity index (χ0n) is 11.9. The highest BCUT2D eigenvalue weighted by Gasteiger charge is 2.15. The fourth-order valence-corrected chi connectivity index (χ4v) is 2.01. The number of hydrogen-bond donors (Lipinski definition) is 2. The van der Waals surface area contributed by atoms with Crippen LogP contribution in [0.25, 0.3) is 0 Å². The minimum atomic E-state index is -0.660. The summed E-state index contributed by atoms with van der Waals surface area (Å²) >= 11 is 10.9. The van der Waals surface area contributed by atoms with Crippen LogP contribution in [-0.4, -0.2) is 17.1 Å². The average molecular weight is 335 g/mol. The third-order valence-electron chi connectivity index (χ3n) is 2.76. The molecule has 0 spiro atoms. The highest BCUT2D eigenvalue weighted by atomic mass is 35.5. The summed E-state index contributed by atoms with van der Waals surface area (Å²) in [6, 6.07) is 16.1. The number of rotatable bonds is 4. The number of ether oxygens (including phenoxy) is 1. The summed E-state index contributed by atoms with van der Waals surface area (Å²) in [5, 5.41) is 6.32. The van der Waals surface area contributed by atoms with Crippen molar-refractivity contribution in [2.24, 2.45) is 0 Å².